The summed E-state index contributed by atoms with van der Waals surface area (Å²) in [6.45, 7) is 3.86. The number of carboxylic acids is 1. The summed E-state index contributed by atoms with van der Waals surface area (Å²) in [7, 11) is 0. The second-order valence-corrected chi connectivity index (χ2v) is 5.24. The molecule has 1 fully saturated rings. The van der Waals surface area contributed by atoms with Gasteiger partial charge in [-0.15, -0.1) is 0 Å². The van der Waals surface area contributed by atoms with Crippen molar-refractivity contribution in [3.63, 3.8) is 0 Å². The summed E-state index contributed by atoms with van der Waals surface area (Å²) in [6.07, 6.45) is 0. The first kappa shape index (κ1) is 13.3. The summed E-state index contributed by atoms with van der Waals surface area (Å²) in [6, 6.07) is 4.76. The number of halogens is 2. The van der Waals surface area contributed by atoms with Gasteiger partial charge in [-0.2, -0.15) is 0 Å². The SMILES string of the molecule is CC(C(=O)O)C1CN(Cc2ccc(Cl)c(F)c2)C1. The Morgan fingerprint density at radius 2 is 2.28 bits per heavy atom. The molecule has 98 valence electrons. The topological polar surface area (TPSA) is 40.5 Å². The zero-order valence-corrected chi connectivity index (χ0v) is 10.8. The molecular weight excluding hydrogens is 257 g/mol. The van der Waals surface area contributed by atoms with Gasteiger partial charge in [-0.25, -0.2) is 4.39 Å². The van der Waals surface area contributed by atoms with Crippen LogP contribution in [-0.2, 0) is 11.3 Å². The molecule has 0 radical (unpaired) electrons. The van der Waals surface area contributed by atoms with Crippen LogP contribution in [0.15, 0.2) is 18.2 Å². The molecule has 1 aliphatic rings. The van der Waals surface area contributed by atoms with E-state index in [1.807, 2.05) is 0 Å². The molecule has 5 heteroatoms. The number of benzene rings is 1. The molecule has 1 unspecified atom stereocenters. The van der Waals surface area contributed by atoms with Crippen LogP contribution in [0.25, 0.3) is 0 Å². The lowest BCUT2D eigenvalue weighted by atomic mass is 9.87. The maximum Gasteiger partial charge on any atom is 0.306 e. The number of hydrogen-bond donors (Lipinski definition) is 1. The van der Waals surface area contributed by atoms with E-state index in [1.165, 1.54) is 6.07 Å². The molecule has 1 aromatic carbocycles. The standard InChI is InChI=1S/C13H15ClFNO2/c1-8(13(17)18)10-6-16(7-10)5-9-2-3-11(14)12(15)4-9/h2-4,8,10H,5-7H2,1H3,(H,17,18). The number of hydrogen-bond acceptors (Lipinski definition) is 2. The fourth-order valence-corrected chi connectivity index (χ4v) is 2.27. The molecule has 0 aliphatic carbocycles. The molecule has 0 spiro atoms. The minimum Gasteiger partial charge on any atom is -0.481 e. The summed E-state index contributed by atoms with van der Waals surface area (Å²) < 4.78 is 13.2. The van der Waals surface area contributed by atoms with E-state index in [9.17, 15) is 9.18 Å². The van der Waals surface area contributed by atoms with Gasteiger partial charge in [0.15, 0.2) is 0 Å². The van der Waals surface area contributed by atoms with Gasteiger partial charge in [-0.3, -0.25) is 9.69 Å². The summed E-state index contributed by atoms with van der Waals surface area (Å²) in [5, 5.41) is 9.00. The van der Waals surface area contributed by atoms with Gasteiger partial charge in [0.2, 0.25) is 0 Å². The Morgan fingerprint density at radius 3 is 2.83 bits per heavy atom. The number of rotatable bonds is 4. The van der Waals surface area contributed by atoms with Crippen LogP contribution >= 0.6 is 11.6 Å². The van der Waals surface area contributed by atoms with Crippen molar-refractivity contribution in [3.8, 4) is 0 Å². The number of carbonyl (C=O) groups is 1. The predicted molar refractivity (Wildman–Crippen MR) is 67.0 cm³/mol. The number of likely N-dealkylation sites (tertiary alicyclic amines) is 1. The lowest BCUT2D eigenvalue weighted by Crippen LogP contribution is -2.50. The van der Waals surface area contributed by atoms with Crippen molar-refractivity contribution in [1.29, 1.82) is 0 Å². The molecule has 0 amide bonds. The van der Waals surface area contributed by atoms with Crippen molar-refractivity contribution in [2.75, 3.05) is 13.1 Å². The van der Waals surface area contributed by atoms with Crippen LogP contribution in [0.2, 0.25) is 5.02 Å². The molecular formula is C13H15ClFNO2. The van der Waals surface area contributed by atoms with Crippen LogP contribution in [0.3, 0.4) is 0 Å². The van der Waals surface area contributed by atoms with Crippen molar-refractivity contribution < 1.29 is 14.3 Å². The predicted octanol–water partition coefficient (Wildman–Crippen LogP) is 2.63. The van der Waals surface area contributed by atoms with Crippen LogP contribution in [-0.4, -0.2) is 29.1 Å². The highest BCUT2D eigenvalue weighted by molar-refractivity contribution is 6.30. The molecule has 0 aromatic heterocycles. The second-order valence-electron chi connectivity index (χ2n) is 4.83. The van der Waals surface area contributed by atoms with Gasteiger partial charge in [-0.05, 0) is 23.6 Å². The first-order valence-corrected chi connectivity index (χ1v) is 6.24. The van der Waals surface area contributed by atoms with E-state index < -0.39 is 11.8 Å². The van der Waals surface area contributed by atoms with Crippen LogP contribution in [0.4, 0.5) is 4.39 Å². The van der Waals surface area contributed by atoms with E-state index in [0.717, 1.165) is 18.7 Å². The van der Waals surface area contributed by atoms with E-state index in [0.29, 0.717) is 6.54 Å². The molecule has 1 saturated heterocycles. The molecule has 1 aliphatic heterocycles. The van der Waals surface area contributed by atoms with Crippen LogP contribution < -0.4 is 0 Å². The van der Waals surface area contributed by atoms with Crippen molar-refractivity contribution in [2.45, 2.75) is 13.5 Å². The van der Waals surface area contributed by atoms with E-state index >= 15 is 0 Å². The van der Waals surface area contributed by atoms with Crippen LogP contribution in [0, 0.1) is 17.7 Å². The fraction of sp³-hybridized carbons (Fsp3) is 0.462. The summed E-state index contributed by atoms with van der Waals surface area (Å²) in [4.78, 5) is 12.9. The molecule has 1 N–H and O–H groups in total. The van der Waals surface area contributed by atoms with E-state index in [2.05, 4.69) is 4.90 Å². The highest BCUT2D eigenvalue weighted by atomic mass is 35.5. The monoisotopic (exact) mass is 271 g/mol. The van der Waals surface area contributed by atoms with E-state index in [1.54, 1.807) is 19.1 Å². The average molecular weight is 272 g/mol. The van der Waals surface area contributed by atoms with Gasteiger partial charge in [0.05, 0.1) is 10.9 Å². The van der Waals surface area contributed by atoms with Gasteiger partial charge in [0.25, 0.3) is 0 Å². The van der Waals surface area contributed by atoms with Gasteiger partial charge in [0, 0.05) is 19.6 Å². The molecule has 0 bridgehead atoms. The van der Waals surface area contributed by atoms with E-state index in [-0.39, 0.29) is 16.9 Å². The Labute approximate surface area is 110 Å². The normalized spacial score (nSPS) is 18.4. The Balaban J connectivity index is 1.86. The van der Waals surface area contributed by atoms with Crippen LogP contribution in [0.1, 0.15) is 12.5 Å². The maximum atomic E-state index is 13.2. The average Bonchev–Trinajstić information content (AvgIpc) is 2.26. The van der Waals surface area contributed by atoms with Gasteiger partial charge in [0.1, 0.15) is 5.82 Å². The van der Waals surface area contributed by atoms with Crippen molar-refractivity contribution in [1.82, 2.24) is 4.90 Å². The Bertz CT molecular complexity index is 460. The molecule has 0 saturated carbocycles. The van der Waals surface area contributed by atoms with Crippen molar-refractivity contribution in [2.24, 2.45) is 11.8 Å². The first-order valence-electron chi connectivity index (χ1n) is 5.86. The lowest BCUT2D eigenvalue weighted by molar-refractivity contribution is -0.145. The summed E-state index contributed by atoms with van der Waals surface area (Å²) in [5.74, 6) is -1.29. The maximum absolute atomic E-state index is 13.2. The molecule has 2 rings (SSSR count). The summed E-state index contributed by atoms with van der Waals surface area (Å²) >= 11 is 5.61. The molecule has 1 atom stereocenters. The second kappa shape index (κ2) is 5.24. The minimum absolute atomic E-state index is 0.125. The first-order chi connectivity index (χ1) is 8.47. The van der Waals surface area contributed by atoms with E-state index in [4.69, 9.17) is 16.7 Å². The quantitative estimate of drug-likeness (QED) is 0.915. The lowest BCUT2D eigenvalue weighted by Gasteiger charge is -2.41. The van der Waals surface area contributed by atoms with Crippen LogP contribution in [0.5, 0.6) is 0 Å². The van der Waals surface area contributed by atoms with Crippen molar-refractivity contribution in [3.05, 3.63) is 34.6 Å². The molecule has 3 nitrogen and oxygen atoms in total. The highest BCUT2D eigenvalue weighted by Gasteiger charge is 2.34. The fourth-order valence-electron chi connectivity index (χ4n) is 2.15. The highest BCUT2D eigenvalue weighted by Crippen LogP contribution is 2.26. The third-order valence-electron chi connectivity index (χ3n) is 3.47. The van der Waals surface area contributed by atoms with Gasteiger partial charge in [-0.1, -0.05) is 24.6 Å². The smallest absolute Gasteiger partial charge is 0.306 e. The zero-order valence-electron chi connectivity index (χ0n) is 10.1. The Hall–Kier alpha value is -1.13. The third-order valence-corrected chi connectivity index (χ3v) is 3.78. The van der Waals surface area contributed by atoms with Crippen molar-refractivity contribution >= 4 is 17.6 Å². The molecule has 1 aromatic rings. The van der Waals surface area contributed by atoms with Gasteiger partial charge < -0.3 is 5.11 Å². The molecule has 1 heterocycles. The number of carboxylic acid groups (broad SMARTS) is 1. The number of aliphatic carboxylic acids is 1. The van der Waals surface area contributed by atoms with Gasteiger partial charge >= 0.3 is 5.97 Å². The Morgan fingerprint density at radius 1 is 1.61 bits per heavy atom. The number of nitrogens with zero attached hydrogens (tertiary/aromatic N) is 1. The minimum atomic E-state index is -0.753. The third kappa shape index (κ3) is 2.82. The molecule has 18 heavy (non-hydrogen) atoms. The summed E-state index contributed by atoms with van der Waals surface area (Å²) in [5.41, 5.74) is 0.860. The zero-order chi connectivity index (χ0) is 13.3. The largest absolute Gasteiger partial charge is 0.481 e. The Kier molecular flexibility index (Phi) is 3.88.